The summed E-state index contributed by atoms with van der Waals surface area (Å²) in [7, 11) is 4.27. The second-order valence-corrected chi connectivity index (χ2v) is 7.17. The van der Waals surface area contributed by atoms with E-state index in [2.05, 4.69) is 25.9 Å². The Morgan fingerprint density at radius 3 is 2.55 bits per heavy atom. The van der Waals surface area contributed by atoms with Gasteiger partial charge < -0.3 is 10.6 Å². The molecule has 3 unspecified atom stereocenters. The molecule has 1 saturated carbocycles. The van der Waals surface area contributed by atoms with Gasteiger partial charge in [-0.05, 0) is 50.6 Å². The number of nitrogens with two attached hydrogens (primary N) is 1. The minimum absolute atomic E-state index is 0.00876. The van der Waals surface area contributed by atoms with Gasteiger partial charge in [0.25, 0.3) is 0 Å². The molecule has 0 saturated heterocycles. The Balaban J connectivity index is 2.35. The fourth-order valence-corrected chi connectivity index (χ4v) is 3.85. The second-order valence-electron chi connectivity index (χ2n) is 6.35. The average molecular weight is 315 g/mol. The van der Waals surface area contributed by atoms with Crippen molar-refractivity contribution in [1.29, 1.82) is 0 Å². The third-order valence-corrected chi connectivity index (χ3v) is 5.52. The summed E-state index contributed by atoms with van der Waals surface area (Å²) in [5.41, 5.74) is 7.72. The predicted octanol–water partition coefficient (Wildman–Crippen LogP) is 4.50. The molecule has 0 spiro atoms. The summed E-state index contributed by atoms with van der Waals surface area (Å²) in [5.74, 6) is 0.708. The van der Waals surface area contributed by atoms with Gasteiger partial charge in [0.15, 0.2) is 0 Å². The van der Waals surface area contributed by atoms with E-state index >= 15 is 0 Å². The summed E-state index contributed by atoms with van der Waals surface area (Å²) >= 11 is 12.2. The lowest BCUT2D eigenvalue weighted by Gasteiger charge is -2.49. The van der Waals surface area contributed by atoms with Crippen LogP contribution in [0, 0.1) is 5.92 Å². The normalized spacial score (nSPS) is 28.6. The van der Waals surface area contributed by atoms with Gasteiger partial charge in [0.05, 0.1) is 10.0 Å². The molecule has 0 aliphatic heterocycles. The first kappa shape index (κ1) is 16.1. The van der Waals surface area contributed by atoms with Crippen LogP contribution >= 0.6 is 23.2 Å². The minimum Gasteiger partial charge on any atom is -0.322 e. The number of nitrogens with zero attached hydrogens (tertiary/aromatic N) is 1. The first-order valence-corrected chi connectivity index (χ1v) is 8.00. The third-order valence-electron chi connectivity index (χ3n) is 4.78. The van der Waals surface area contributed by atoms with Crippen LogP contribution in [0.15, 0.2) is 18.2 Å². The van der Waals surface area contributed by atoms with Crippen LogP contribution in [0.1, 0.15) is 44.2 Å². The summed E-state index contributed by atoms with van der Waals surface area (Å²) in [6.45, 7) is 2.32. The molecule has 2 N–H and O–H groups in total. The Morgan fingerprint density at radius 1 is 1.30 bits per heavy atom. The highest BCUT2D eigenvalue weighted by Gasteiger charge is 2.42. The molecular formula is C16H24Cl2N2. The highest BCUT2D eigenvalue weighted by molar-refractivity contribution is 6.42. The SMILES string of the molecule is CC1CCCC(C(N)c2ccc(Cl)c(Cl)c2)(N(C)C)C1. The zero-order chi connectivity index (χ0) is 14.9. The number of hydrogen-bond acceptors (Lipinski definition) is 2. The molecule has 0 heterocycles. The number of halogens is 2. The van der Waals surface area contributed by atoms with Crippen LogP contribution in [0.4, 0.5) is 0 Å². The van der Waals surface area contributed by atoms with E-state index in [-0.39, 0.29) is 11.6 Å². The van der Waals surface area contributed by atoms with E-state index in [1.54, 1.807) is 0 Å². The Labute approximate surface area is 132 Å². The monoisotopic (exact) mass is 314 g/mol. The number of benzene rings is 1. The lowest BCUT2D eigenvalue weighted by atomic mass is 9.70. The molecule has 2 rings (SSSR count). The van der Waals surface area contributed by atoms with E-state index in [4.69, 9.17) is 28.9 Å². The van der Waals surface area contributed by atoms with Crippen molar-refractivity contribution in [3.8, 4) is 0 Å². The molecule has 0 amide bonds. The molecule has 1 aliphatic carbocycles. The highest BCUT2D eigenvalue weighted by Crippen LogP contribution is 2.43. The van der Waals surface area contributed by atoms with E-state index in [9.17, 15) is 0 Å². The summed E-state index contributed by atoms with van der Waals surface area (Å²) in [4.78, 5) is 2.30. The van der Waals surface area contributed by atoms with Gasteiger partial charge >= 0.3 is 0 Å². The van der Waals surface area contributed by atoms with Crippen LogP contribution in [0.5, 0.6) is 0 Å². The van der Waals surface area contributed by atoms with Crippen molar-refractivity contribution in [2.75, 3.05) is 14.1 Å². The first-order valence-electron chi connectivity index (χ1n) is 7.25. The van der Waals surface area contributed by atoms with Gasteiger partial charge in [0.1, 0.15) is 0 Å². The summed E-state index contributed by atoms with van der Waals surface area (Å²) < 4.78 is 0. The topological polar surface area (TPSA) is 29.3 Å². The Morgan fingerprint density at radius 2 is 2.00 bits per heavy atom. The molecule has 1 fully saturated rings. The maximum Gasteiger partial charge on any atom is 0.0595 e. The highest BCUT2D eigenvalue weighted by atomic mass is 35.5. The lowest BCUT2D eigenvalue weighted by molar-refractivity contribution is 0.0499. The molecule has 112 valence electrons. The molecule has 0 bridgehead atoms. The lowest BCUT2D eigenvalue weighted by Crippen LogP contribution is -2.54. The number of rotatable bonds is 3. The summed E-state index contributed by atoms with van der Waals surface area (Å²) in [6.07, 6.45) is 4.78. The van der Waals surface area contributed by atoms with Crippen LogP contribution in [-0.2, 0) is 0 Å². The number of hydrogen-bond donors (Lipinski definition) is 1. The summed E-state index contributed by atoms with van der Waals surface area (Å²) in [6, 6.07) is 5.71. The maximum absolute atomic E-state index is 6.64. The fraction of sp³-hybridized carbons (Fsp3) is 0.625. The van der Waals surface area contributed by atoms with Gasteiger partial charge in [-0.25, -0.2) is 0 Å². The van der Waals surface area contributed by atoms with E-state index in [1.807, 2.05) is 18.2 Å². The van der Waals surface area contributed by atoms with Crippen LogP contribution in [0.2, 0.25) is 10.0 Å². The predicted molar refractivity (Wildman–Crippen MR) is 87.4 cm³/mol. The molecule has 2 nitrogen and oxygen atoms in total. The smallest absolute Gasteiger partial charge is 0.0595 e. The molecule has 1 aliphatic rings. The molecular weight excluding hydrogens is 291 g/mol. The quantitative estimate of drug-likeness (QED) is 0.889. The van der Waals surface area contributed by atoms with Crippen molar-refractivity contribution in [3.63, 3.8) is 0 Å². The van der Waals surface area contributed by atoms with Crippen LogP contribution < -0.4 is 5.73 Å². The third kappa shape index (κ3) is 2.99. The molecule has 1 aromatic rings. The van der Waals surface area contributed by atoms with Crippen molar-refractivity contribution in [3.05, 3.63) is 33.8 Å². The molecule has 1 aromatic carbocycles. The van der Waals surface area contributed by atoms with Crippen molar-refractivity contribution in [2.24, 2.45) is 11.7 Å². The molecule has 3 atom stereocenters. The van der Waals surface area contributed by atoms with Crippen LogP contribution in [0.25, 0.3) is 0 Å². The van der Waals surface area contributed by atoms with E-state index in [0.29, 0.717) is 16.0 Å². The van der Waals surface area contributed by atoms with Crippen LogP contribution in [0.3, 0.4) is 0 Å². The molecule has 20 heavy (non-hydrogen) atoms. The minimum atomic E-state index is -0.0463. The molecule has 4 heteroatoms. The van der Waals surface area contributed by atoms with Crippen molar-refractivity contribution >= 4 is 23.2 Å². The number of likely N-dealkylation sites (N-methyl/N-ethyl adjacent to an activating group) is 1. The Hall–Kier alpha value is -0.280. The van der Waals surface area contributed by atoms with Crippen molar-refractivity contribution < 1.29 is 0 Å². The standard InChI is InChI=1S/C16H24Cl2N2/c1-11-5-4-8-16(10-11,20(2)3)15(19)12-6-7-13(17)14(18)9-12/h6-7,9,11,15H,4-5,8,10,19H2,1-3H3. The van der Waals surface area contributed by atoms with Gasteiger partial charge in [0, 0.05) is 11.6 Å². The largest absolute Gasteiger partial charge is 0.322 e. The van der Waals surface area contributed by atoms with Crippen LogP contribution in [-0.4, -0.2) is 24.5 Å². The zero-order valence-electron chi connectivity index (χ0n) is 12.5. The van der Waals surface area contributed by atoms with Gasteiger partial charge in [-0.15, -0.1) is 0 Å². The summed E-state index contributed by atoms with van der Waals surface area (Å²) in [5, 5.41) is 1.16. The fourth-order valence-electron chi connectivity index (χ4n) is 3.55. The van der Waals surface area contributed by atoms with Crippen molar-refractivity contribution in [1.82, 2.24) is 4.90 Å². The maximum atomic E-state index is 6.64. The van der Waals surface area contributed by atoms with Gasteiger partial charge in [-0.1, -0.05) is 49.0 Å². The van der Waals surface area contributed by atoms with Crippen molar-refractivity contribution in [2.45, 2.75) is 44.2 Å². The van der Waals surface area contributed by atoms with E-state index < -0.39 is 0 Å². The average Bonchev–Trinajstić information content (AvgIpc) is 2.40. The Kier molecular flexibility index (Phi) is 5.01. The van der Waals surface area contributed by atoms with Gasteiger partial charge in [0.2, 0.25) is 0 Å². The second kappa shape index (κ2) is 6.23. The van der Waals surface area contributed by atoms with Gasteiger partial charge in [-0.2, -0.15) is 0 Å². The van der Waals surface area contributed by atoms with E-state index in [0.717, 1.165) is 18.4 Å². The van der Waals surface area contributed by atoms with Gasteiger partial charge in [-0.3, -0.25) is 0 Å². The molecule has 0 radical (unpaired) electrons. The Bertz CT molecular complexity index is 476. The zero-order valence-corrected chi connectivity index (χ0v) is 14.0. The molecule has 0 aromatic heterocycles. The first-order chi connectivity index (χ1) is 9.36. The van der Waals surface area contributed by atoms with E-state index in [1.165, 1.54) is 12.8 Å².